The van der Waals surface area contributed by atoms with Crippen LogP contribution in [0.4, 0.5) is 0 Å². The Kier molecular flexibility index (Phi) is 17.6. The van der Waals surface area contributed by atoms with Gasteiger partial charge in [0.05, 0.1) is 66.4 Å². The molecule has 0 aliphatic heterocycles. The number of hydrogen-bond acceptors (Lipinski definition) is 5. The molecular weight excluding hydrogens is 1770 g/mol. The Bertz CT molecular complexity index is 9590. The highest BCUT2D eigenvalue weighted by molar-refractivity contribution is 6.31. The number of aromatic nitrogens is 9. The molecule has 9 nitrogen and oxygen atoms in total. The van der Waals surface area contributed by atoms with E-state index in [9.17, 15) is 0 Å². The summed E-state index contributed by atoms with van der Waals surface area (Å²) in [5.41, 5.74) is 40.6. The molecule has 0 unspecified atom stereocenters. The molecule has 676 valence electrons. The van der Waals surface area contributed by atoms with Crippen molar-refractivity contribution in [1.29, 1.82) is 0 Å². The molecular formula is C137H83N9. The van der Waals surface area contributed by atoms with Gasteiger partial charge in [-0.2, -0.15) is 9.97 Å². The zero-order valence-corrected chi connectivity index (χ0v) is 78.9. The van der Waals surface area contributed by atoms with Gasteiger partial charge in [0.15, 0.2) is 11.6 Å². The average molecular weight is 1860 g/mol. The predicted octanol–water partition coefficient (Wildman–Crippen LogP) is 33.7. The highest BCUT2D eigenvalue weighted by Crippen LogP contribution is 2.69. The van der Waals surface area contributed by atoms with Gasteiger partial charge in [-0.25, -0.2) is 15.0 Å². The highest BCUT2D eigenvalue weighted by atomic mass is 15.2. The van der Waals surface area contributed by atoms with Crippen molar-refractivity contribution < 1.29 is 0 Å². The quantitative estimate of drug-likeness (QED) is 0.136. The van der Waals surface area contributed by atoms with Gasteiger partial charge in [0.1, 0.15) is 0 Å². The SMILES string of the molecule is c1ccc(-c2cc(-c3ccccc3)nc(-n3c4ccc(-c5ccc6c(c5)c5ccccc5n6-c5ccccc5)cc4c4c5ccccc5c5c(c43)C3(c4ccccc4-c4ccccc43)c3ccccc3-5)n2)cc1.c1ccc(-c2nc(-c3ccccc3)nc(-n3c4ccc(-c5ccc6c(c5)c5ccccc5n6-c5ccccc5)cc4c4c5ccccc5c5c(c43)C3(c4ccccc4-c4ccccc43)c3ccccc3-5)n2)cc1. The smallest absolute Gasteiger partial charge is 0.238 e. The van der Waals surface area contributed by atoms with Gasteiger partial charge in [-0.1, -0.05) is 413 Å². The molecule has 4 aliphatic carbocycles. The molecule has 0 fully saturated rings. The molecule has 32 rings (SSSR count). The number of nitrogens with zero attached hydrogens (tertiary/aromatic N) is 9. The molecule has 146 heavy (non-hydrogen) atoms. The topological polar surface area (TPSA) is 84.2 Å². The lowest BCUT2D eigenvalue weighted by atomic mass is 9.70. The van der Waals surface area contributed by atoms with Gasteiger partial charge >= 0.3 is 0 Å². The molecule has 22 aromatic carbocycles. The van der Waals surface area contributed by atoms with Gasteiger partial charge in [-0.3, -0.25) is 9.13 Å². The molecule has 6 aromatic heterocycles. The van der Waals surface area contributed by atoms with Crippen molar-refractivity contribution >= 4 is 109 Å². The standard InChI is InChI=1S/C69H42N4.C68H41N5/c1-4-20-43(21-5-1)59-42-60(44-22-6-2-7-23-44)71-68(70-59)73-63-39-37-46(45-36-38-62-54(40-45)50-28-15-19-35-61(50)72(62)47-24-8-3-9-25-47)41-55(63)65-52-30-11-10-29-51(52)64-53-31-14-18-34-58(53)69(66(64)67(65)73)56-32-16-12-26-48(56)49-27-13-17-33-57(49)69;1-4-20-42(21-5-1)65-69-66(43-22-6-2-7-23-43)71-67(70-65)73-60-39-37-45(44-36-38-59-53(40-44)49-28-15-19-35-58(49)72(59)46-24-8-3-9-25-46)41-54(60)62-51-30-11-10-29-50(51)61-52-31-14-18-34-57(52)68(63(61)64(62)73)55-32-16-12-26-47(55)48-27-13-17-33-56(48)68/h1-42H;1-41H. The fourth-order valence-electron chi connectivity index (χ4n) is 25.9. The van der Waals surface area contributed by atoms with E-state index in [1.54, 1.807) is 0 Å². The molecule has 0 saturated carbocycles. The molecule has 0 amide bonds. The Morgan fingerprint density at radius 2 is 0.425 bits per heavy atom. The van der Waals surface area contributed by atoms with Crippen LogP contribution < -0.4 is 0 Å². The number of para-hydroxylation sites is 4. The van der Waals surface area contributed by atoms with E-state index in [-0.39, 0.29) is 0 Å². The monoisotopic (exact) mass is 1850 g/mol. The second-order valence-electron chi connectivity index (χ2n) is 39.0. The summed E-state index contributed by atoms with van der Waals surface area (Å²) >= 11 is 0. The van der Waals surface area contributed by atoms with Crippen molar-refractivity contribution in [3.8, 4) is 135 Å². The molecule has 0 N–H and O–H groups in total. The van der Waals surface area contributed by atoms with Crippen molar-refractivity contribution in [3.05, 3.63) is 548 Å². The molecule has 0 bridgehead atoms. The summed E-state index contributed by atoms with van der Waals surface area (Å²) in [4.78, 5) is 27.6. The van der Waals surface area contributed by atoms with E-state index < -0.39 is 10.8 Å². The number of benzene rings is 22. The van der Waals surface area contributed by atoms with Gasteiger partial charge in [-0.15, -0.1) is 0 Å². The van der Waals surface area contributed by atoms with Crippen LogP contribution in [0.5, 0.6) is 0 Å². The Morgan fingerprint density at radius 1 is 0.164 bits per heavy atom. The van der Waals surface area contributed by atoms with E-state index in [0.717, 1.165) is 100 Å². The summed E-state index contributed by atoms with van der Waals surface area (Å²) < 4.78 is 9.58. The van der Waals surface area contributed by atoms with Crippen LogP contribution in [0.2, 0.25) is 0 Å². The van der Waals surface area contributed by atoms with Crippen molar-refractivity contribution in [3.63, 3.8) is 0 Å². The van der Waals surface area contributed by atoms with Crippen LogP contribution >= 0.6 is 0 Å². The van der Waals surface area contributed by atoms with Gasteiger partial charge in [0.2, 0.25) is 11.9 Å². The van der Waals surface area contributed by atoms with E-state index in [1.807, 2.05) is 12.1 Å². The molecule has 0 atom stereocenters. The van der Waals surface area contributed by atoms with Gasteiger partial charge in [0, 0.05) is 87.8 Å². The third-order valence-corrected chi connectivity index (χ3v) is 31.7. The first-order valence-electron chi connectivity index (χ1n) is 50.2. The van der Waals surface area contributed by atoms with Gasteiger partial charge in [0.25, 0.3) is 0 Å². The molecule has 0 radical (unpaired) electrons. The van der Waals surface area contributed by atoms with Crippen LogP contribution in [-0.2, 0) is 10.8 Å². The molecule has 28 aromatic rings. The van der Waals surface area contributed by atoms with Crippen LogP contribution in [0.3, 0.4) is 0 Å². The zero-order chi connectivity index (χ0) is 95.6. The fraction of sp³-hybridized carbons (Fsp3) is 0.0146. The van der Waals surface area contributed by atoms with E-state index in [4.69, 9.17) is 24.9 Å². The maximum atomic E-state index is 5.65. The normalized spacial score (nSPS) is 13.0. The Hall–Kier alpha value is -19.4. The minimum Gasteiger partial charge on any atom is -0.309 e. The Morgan fingerprint density at radius 3 is 0.781 bits per heavy atom. The first-order chi connectivity index (χ1) is 72.5. The maximum Gasteiger partial charge on any atom is 0.238 e. The summed E-state index contributed by atoms with van der Waals surface area (Å²) in [5, 5.41) is 14.4. The van der Waals surface area contributed by atoms with Crippen LogP contribution in [0.15, 0.2) is 504 Å². The predicted molar refractivity (Wildman–Crippen MR) is 599 cm³/mol. The summed E-state index contributed by atoms with van der Waals surface area (Å²) in [6.07, 6.45) is 0. The zero-order valence-electron chi connectivity index (χ0n) is 78.9. The van der Waals surface area contributed by atoms with Gasteiger partial charge in [-0.05, 0) is 213 Å². The second-order valence-corrected chi connectivity index (χ2v) is 39.0. The summed E-state index contributed by atoms with van der Waals surface area (Å²) in [6.45, 7) is 0. The van der Waals surface area contributed by atoms with Crippen molar-refractivity contribution in [1.82, 2.24) is 43.2 Å². The maximum absolute atomic E-state index is 5.65. The number of hydrogen-bond donors (Lipinski definition) is 0. The largest absolute Gasteiger partial charge is 0.309 e. The van der Waals surface area contributed by atoms with Crippen LogP contribution in [0.25, 0.3) is 244 Å². The lowest BCUT2D eigenvalue weighted by Crippen LogP contribution is -2.26. The van der Waals surface area contributed by atoms with E-state index in [2.05, 4.69) is 510 Å². The molecule has 4 aliphatic rings. The van der Waals surface area contributed by atoms with E-state index in [0.29, 0.717) is 23.5 Å². The molecule has 6 heterocycles. The van der Waals surface area contributed by atoms with Crippen LogP contribution in [-0.4, -0.2) is 43.2 Å². The minimum absolute atomic E-state index is 0.568. The first kappa shape index (κ1) is 81.5. The number of rotatable bonds is 10. The van der Waals surface area contributed by atoms with Crippen LogP contribution in [0.1, 0.15) is 44.5 Å². The Labute approximate surface area is 840 Å². The molecule has 9 heteroatoms. The van der Waals surface area contributed by atoms with Crippen molar-refractivity contribution in [2.75, 3.05) is 0 Å². The second kappa shape index (κ2) is 31.6. The summed E-state index contributed by atoms with van der Waals surface area (Å²) in [6, 6.07) is 184. The third kappa shape index (κ3) is 11.5. The lowest BCUT2D eigenvalue weighted by Gasteiger charge is -2.31. The molecule has 2 spiro atoms. The fourth-order valence-corrected chi connectivity index (χ4v) is 25.9. The summed E-state index contributed by atoms with van der Waals surface area (Å²) in [5.74, 6) is 2.43. The highest BCUT2D eigenvalue weighted by Gasteiger charge is 2.56. The Balaban J connectivity index is 0.000000133. The van der Waals surface area contributed by atoms with Crippen LogP contribution in [0, 0.1) is 0 Å². The summed E-state index contributed by atoms with van der Waals surface area (Å²) in [7, 11) is 0. The lowest BCUT2D eigenvalue weighted by molar-refractivity contribution is 0.795. The van der Waals surface area contributed by atoms with Gasteiger partial charge < -0.3 is 9.13 Å². The number of fused-ring (bicyclic) bond motifs is 40. The average Bonchev–Trinajstić information content (AvgIpc) is 1.48. The third-order valence-electron chi connectivity index (χ3n) is 31.7. The van der Waals surface area contributed by atoms with Crippen molar-refractivity contribution in [2.24, 2.45) is 0 Å². The van der Waals surface area contributed by atoms with E-state index >= 15 is 0 Å². The first-order valence-corrected chi connectivity index (χ1v) is 50.2. The minimum atomic E-state index is -0.661. The van der Waals surface area contributed by atoms with Crippen molar-refractivity contribution in [2.45, 2.75) is 10.8 Å². The van der Waals surface area contributed by atoms with E-state index in [1.165, 1.54) is 165 Å². The molecule has 0 saturated heterocycles.